The lowest BCUT2D eigenvalue weighted by Gasteiger charge is -2.21. The van der Waals surface area contributed by atoms with Crippen LogP contribution in [-0.4, -0.2) is 19.8 Å². The molecular weight excluding hydrogens is 296 g/mol. The van der Waals surface area contributed by atoms with Gasteiger partial charge in [-0.15, -0.1) is 10.2 Å². The predicted octanol–water partition coefficient (Wildman–Crippen LogP) is 4.71. The van der Waals surface area contributed by atoms with Crippen molar-refractivity contribution in [3.63, 3.8) is 0 Å². The van der Waals surface area contributed by atoms with Crippen LogP contribution in [0.1, 0.15) is 68.2 Å². The highest BCUT2D eigenvalue weighted by Crippen LogP contribution is 2.27. The van der Waals surface area contributed by atoms with Crippen molar-refractivity contribution in [2.75, 3.05) is 0 Å². The summed E-state index contributed by atoms with van der Waals surface area (Å²) in [6, 6.07) is 8.91. The molecule has 3 rings (SSSR count). The predicted molar refractivity (Wildman–Crippen MR) is 98.7 cm³/mol. The molecule has 0 saturated heterocycles. The quantitative estimate of drug-likeness (QED) is 0.755. The molecule has 0 aliphatic rings. The summed E-state index contributed by atoms with van der Waals surface area (Å²) >= 11 is 0. The van der Waals surface area contributed by atoms with Gasteiger partial charge in [0.15, 0.2) is 11.5 Å². The van der Waals surface area contributed by atoms with E-state index in [9.17, 15) is 0 Å². The van der Waals surface area contributed by atoms with E-state index < -0.39 is 0 Å². The van der Waals surface area contributed by atoms with Crippen LogP contribution in [0.4, 0.5) is 0 Å². The van der Waals surface area contributed by atoms with Gasteiger partial charge in [0.1, 0.15) is 0 Å². The van der Waals surface area contributed by atoms with E-state index in [1.807, 2.05) is 17.5 Å². The average Bonchev–Trinajstić information content (AvgIpc) is 3.03. The van der Waals surface area contributed by atoms with Crippen LogP contribution in [0, 0.1) is 13.8 Å². The van der Waals surface area contributed by atoms with Crippen molar-refractivity contribution in [3.8, 4) is 0 Å². The number of aromatic amines is 1. The van der Waals surface area contributed by atoms with Crippen LogP contribution in [0.5, 0.6) is 0 Å². The summed E-state index contributed by atoms with van der Waals surface area (Å²) < 4.78 is 2.01. The molecule has 0 spiro atoms. The maximum Gasteiger partial charge on any atom is 0.177 e. The molecule has 2 heterocycles. The van der Waals surface area contributed by atoms with Crippen molar-refractivity contribution < 1.29 is 0 Å². The fourth-order valence-electron chi connectivity index (χ4n) is 3.15. The third kappa shape index (κ3) is 3.23. The van der Waals surface area contributed by atoms with Gasteiger partial charge < -0.3 is 0 Å². The molecule has 0 bridgehead atoms. The van der Waals surface area contributed by atoms with Gasteiger partial charge in [-0.1, -0.05) is 45.9 Å². The lowest BCUT2D eigenvalue weighted by atomic mass is 9.84. The first kappa shape index (κ1) is 16.7. The van der Waals surface area contributed by atoms with Crippen LogP contribution >= 0.6 is 0 Å². The zero-order valence-electron chi connectivity index (χ0n) is 15.6. The van der Waals surface area contributed by atoms with Gasteiger partial charge in [-0.2, -0.15) is 0 Å². The van der Waals surface area contributed by atoms with Gasteiger partial charge in [-0.3, -0.25) is 5.10 Å². The number of H-pyrrole nitrogens is 1. The number of benzene rings is 1. The fourth-order valence-corrected chi connectivity index (χ4v) is 3.15. The Hall–Kier alpha value is -2.10. The van der Waals surface area contributed by atoms with Crippen LogP contribution in [0.2, 0.25) is 0 Å². The molecule has 1 unspecified atom stereocenters. The first-order valence-corrected chi connectivity index (χ1v) is 8.76. The number of aryl methyl sites for hydroxylation is 3. The van der Waals surface area contributed by atoms with E-state index in [4.69, 9.17) is 0 Å². The summed E-state index contributed by atoms with van der Waals surface area (Å²) in [6.07, 6.45) is 2.12. The Labute approximate surface area is 144 Å². The van der Waals surface area contributed by atoms with E-state index in [1.54, 1.807) is 0 Å². The third-order valence-corrected chi connectivity index (χ3v) is 4.85. The van der Waals surface area contributed by atoms with Crippen molar-refractivity contribution in [2.45, 2.75) is 65.7 Å². The minimum absolute atomic E-state index is 0.189. The van der Waals surface area contributed by atoms with E-state index in [0.717, 1.165) is 30.0 Å². The minimum atomic E-state index is 0.189. The molecule has 0 radical (unpaired) electrons. The third-order valence-electron chi connectivity index (χ3n) is 4.85. The minimum Gasteiger partial charge on any atom is -0.295 e. The Morgan fingerprint density at radius 3 is 2.58 bits per heavy atom. The van der Waals surface area contributed by atoms with Gasteiger partial charge >= 0.3 is 0 Å². The number of fused-ring (bicyclic) bond motifs is 1. The lowest BCUT2D eigenvalue weighted by molar-refractivity contribution is 0.585. The lowest BCUT2D eigenvalue weighted by Crippen LogP contribution is -2.12. The van der Waals surface area contributed by atoms with Crippen molar-refractivity contribution >= 4 is 5.65 Å². The van der Waals surface area contributed by atoms with E-state index >= 15 is 0 Å². The van der Waals surface area contributed by atoms with E-state index in [2.05, 4.69) is 68.1 Å². The molecule has 2 aromatic heterocycles. The van der Waals surface area contributed by atoms with Gasteiger partial charge in [0, 0.05) is 17.7 Å². The Balaban J connectivity index is 1.78. The monoisotopic (exact) mass is 324 g/mol. The van der Waals surface area contributed by atoms with Crippen molar-refractivity contribution in [1.29, 1.82) is 0 Å². The Morgan fingerprint density at radius 1 is 1.12 bits per heavy atom. The highest BCUT2D eigenvalue weighted by atomic mass is 15.4. The van der Waals surface area contributed by atoms with Crippen molar-refractivity contribution in [2.24, 2.45) is 0 Å². The van der Waals surface area contributed by atoms with E-state index in [1.165, 1.54) is 16.7 Å². The molecule has 0 aliphatic carbocycles. The zero-order chi connectivity index (χ0) is 17.5. The normalized spacial score (nSPS) is 13.6. The average molecular weight is 324 g/mol. The van der Waals surface area contributed by atoms with E-state index in [0.29, 0.717) is 5.92 Å². The molecule has 3 aromatic rings. The first-order valence-electron chi connectivity index (χ1n) is 8.76. The van der Waals surface area contributed by atoms with Crippen LogP contribution in [-0.2, 0) is 11.8 Å². The highest BCUT2D eigenvalue weighted by Gasteiger charge is 2.17. The number of hydrogen-bond donors (Lipinski definition) is 1. The largest absolute Gasteiger partial charge is 0.295 e. The summed E-state index contributed by atoms with van der Waals surface area (Å²) in [5, 5.41) is 11.9. The molecule has 128 valence electrons. The van der Waals surface area contributed by atoms with Crippen molar-refractivity contribution in [1.82, 2.24) is 19.8 Å². The van der Waals surface area contributed by atoms with Gasteiger partial charge in [-0.05, 0) is 48.8 Å². The Morgan fingerprint density at radius 2 is 1.88 bits per heavy atom. The molecular formula is C20H28N4. The molecule has 4 heteroatoms. The Kier molecular flexibility index (Phi) is 4.24. The SMILES string of the molecule is Cc1cc2nnc(C(C)CCc3cc(C(C)(C)C)ccc3C)n2[nH]1. The number of aromatic nitrogens is 4. The van der Waals surface area contributed by atoms with Gasteiger partial charge in [0.2, 0.25) is 0 Å². The topological polar surface area (TPSA) is 46.0 Å². The number of hydrogen-bond acceptors (Lipinski definition) is 2. The molecule has 0 saturated carbocycles. The molecule has 1 N–H and O–H groups in total. The number of nitrogens with one attached hydrogen (secondary N) is 1. The van der Waals surface area contributed by atoms with Gasteiger partial charge in [0.25, 0.3) is 0 Å². The van der Waals surface area contributed by atoms with Gasteiger partial charge in [-0.25, -0.2) is 4.52 Å². The van der Waals surface area contributed by atoms with Crippen LogP contribution in [0.3, 0.4) is 0 Å². The summed E-state index contributed by atoms with van der Waals surface area (Å²) in [4.78, 5) is 0. The molecule has 0 amide bonds. The Bertz CT molecular complexity index is 848. The molecule has 0 fully saturated rings. The van der Waals surface area contributed by atoms with E-state index in [-0.39, 0.29) is 5.41 Å². The van der Waals surface area contributed by atoms with Gasteiger partial charge in [0.05, 0.1) is 0 Å². The second-order valence-electron chi connectivity index (χ2n) is 8.02. The van der Waals surface area contributed by atoms with Crippen LogP contribution in [0.15, 0.2) is 24.3 Å². The number of nitrogens with zero attached hydrogens (tertiary/aromatic N) is 3. The summed E-state index contributed by atoms with van der Waals surface area (Å²) in [5.74, 6) is 1.37. The smallest absolute Gasteiger partial charge is 0.177 e. The maximum atomic E-state index is 4.37. The standard InChI is InChI=1S/C20H28N4/c1-13-8-10-17(20(4,5)6)12-16(13)9-7-14(2)19-22-21-18-11-15(3)23-24(18)19/h8,10-12,14,23H,7,9H2,1-6H3. The zero-order valence-corrected chi connectivity index (χ0v) is 15.6. The second-order valence-corrected chi connectivity index (χ2v) is 8.02. The van der Waals surface area contributed by atoms with Crippen LogP contribution < -0.4 is 0 Å². The summed E-state index contributed by atoms with van der Waals surface area (Å²) in [6.45, 7) is 13.3. The molecule has 1 aromatic carbocycles. The molecule has 0 aliphatic heterocycles. The number of rotatable bonds is 4. The summed E-state index contributed by atoms with van der Waals surface area (Å²) in [7, 11) is 0. The first-order chi connectivity index (χ1) is 11.3. The van der Waals surface area contributed by atoms with Crippen molar-refractivity contribution in [3.05, 3.63) is 52.5 Å². The molecule has 24 heavy (non-hydrogen) atoms. The molecule has 4 nitrogen and oxygen atoms in total. The highest BCUT2D eigenvalue weighted by molar-refractivity contribution is 5.39. The van der Waals surface area contributed by atoms with Crippen LogP contribution in [0.25, 0.3) is 5.65 Å². The second kappa shape index (κ2) is 6.08. The summed E-state index contributed by atoms with van der Waals surface area (Å²) in [5.41, 5.74) is 6.42. The maximum absolute atomic E-state index is 4.37. The molecule has 1 atom stereocenters. The fraction of sp³-hybridized carbons (Fsp3) is 0.500.